The van der Waals surface area contributed by atoms with E-state index in [4.69, 9.17) is 11.6 Å². The van der Waals surface area contributed by atoms with E-state index in [1.807, 2.05) is 22.4 Å². The summed E-state index contributed by atoms with van der Waals surface area (Å²) < 4.78 is 0. The van der Waals surface area contributed by atoms with Gasteiger partial charge < -0.3 is 10.2 Å². The highest BCUT2D eigenvalue weighted by molar-refractivity contribution is 7.12. The van der Waals surface area contributed by atoms with E-state index in [0.717, 1.165) is 19.6 Å². The van der Waals surface area contributed by atoms with Gasteiger partial charge in [0.1, 0.15) is 0 Å². The van der Waals surface area contributed by atoms with Crippen LogP contribution >= 0.6 is 22.9 Å². The molecule has 0 spiro atoms. The number of thiophene rings is 1. The average molecular weight is 434 g/mol. The molecule has 154 valence electrons. The van der Waals surface area contributed by atoms with Crippen molar-refractivity contribution in [2.45, 2.75) is 12.8 Å². The molecule has 1 aromatic heterocycles. The highest BCUT2D eigenvalue weighted by Gasteiger charge is 2.21. The highest BCUT2D eigenvalue weighted by Crippen LogP contribution is 2.13. The monoisotopic (exact) mass is 433 g/mol. The van der Waals surface area contributed by atoms with E-state index in [0.29, 0.717) is 35.1 Å². The summed E-state index contributed by atoms with van der Waals surface area (Å²) in [4.78, 5) is 41.3. The molecule has 0 bridgehead atoms. The third-order valence-electron chi connectivity index (χ3n) is 4.92. The lowest BCUT2D eigenvalue weighted by Gasteiger charge is -2.34. The number of Topliss-reactive ketones (excluding diaryl/α,β-unsaturated/α-hetero) is 1. The van der Waals surface area contributed by atoms with Crippen molar-refractivity contribution in [1.29, 1.82) is 0 Å². The molecule has 0 aliphatic carbocycles. The fourth-order valence-corrected chi connectivity index (χ4v) is 3.97. The zero-order valence-electron chi connectivity index (χ0n) is 16.1. The van der Waals surface area contributed by atoms with Crippen molar-refractivity contribution in [3.05, 3.63) is 57.2 Å². The van der Waals surface area contributed by atoms with E-state index in [1.54, 1.807) is 24.3 Å². The molecule has 6 nitrogen and oxygen atoms in total. The zero-order valence-corrected chi connectivity index (χ0v) is 17.7. The van der Waals surface area contributed by atoms with Gasteiger partial charge in [0.15, 0.2) is 5.78 Å². The van der Waals surface area contributed by atoms with Gasteiger partial charge in [-0.15, -0.1) is 11.3 Å². The number of halogens is 1. The van der Waals surface area contributed by atoms with Crippen molar-refractivity contribution in [1.82, 2.24) is 15.1 Å². The van der Waals surface area contributed by atoms with E-state index >= 15 is 0 Å². The Kier molecular flexibility index (Phi) is 7.80. The van der Waals surface area contributed by atoms with Gasteiger partial charge in [0.25, 0.3) is 5.91 Å². The van der Waals surface area contributed by atoms with Gasteiger partial charge in [0.05, 0.1) is 4.88 Å². The van der Waals surface area contributed by atoms with Crippen molar-refractivity contribution >= 4 is 40.5 Å². The lowest BCUT2D eigenvalue weighted by molar-refractivity contribution is -0.132. The fourth-order valence-electron chi connectivity index (χ4n) is 3.20. The first-order valence-electron chi connectivity index (χ1n) is 9.63. The molecular formula is C21H24ClN3O3S. The number of carbonyl (C=O) groups is 3. The summed E-state index contributed by atoms with van der Waals surface area (Å²) in [7, 11) is 0. The summed E-state index contributed by atoms with van der Waals surface area (Å²) in [6, 6.07) is 10.4. The number of rotatable bonds is 8. The number of nitrogens with one attached hydrogen (secondary N) is 1. The minimum Gasteiger partial charge on any atom is -0.350 e. The second-order valence-corrected chi connectivity index (χ2v) is 8.27. The van der Waals surface area contributed by atoms with Crippen LogP contribution < -0.4 is 5.32 Å². The van der Waals surface area contributed by atoms with Crippen molar-refractivity contribution < 1.29 is 14.4 Å². The van der Waals surface area contributed by atoms with Crippen LogP contribution in [0.25, 0.3) is 0 Å². The standard InChI is InChI=1S/C21H24ClN3O3S/c22-17-5-3-16(4-6-17)18(26)7-8-20(27)25-13-11-24(12-14-25)10-9-23-21(28)19-2-1-15-29-19/h1-6,15H,7-14H2,(H,23,28). The minimum atomic E-state index is -0.0462. The molecule has 1 aromatic carbocycles. The summed E-state index contributed by atoms with van der Waals surface area (Å²) in [5, 5.41) is 5.39. The number of hydrogen-bond donors (Lipinski definition) is 1. The number of benzene rings is 1. The zero-order chi connectivity index (χ0) is 20.6. The summed E-state index contributed by atoms with van der Waals surface area (Å²) in [6.45, 7) is 4.17. The molecule has 1 aliphatic heterocycles. The molecule has 8 heteroatoms. The Morgan fingerprint density at radius 3 is 2.38 bits per heavy atom. The van der Waals surface area contributed by atoms with Gasteiger partial charge in [0.2, 0.25) is 5.91 Å². The van der Waals surface area contributed by atoms with Crippen LogP contribution in [0, 0.1) is 0 Å². The predicted molar refractivity (Wildman–Crippen MR) is 115 cm³/mol. The third kappa shape index (κ3) is 6.39. The Balaban J connectivity index is 1.33. The maximum atomic E-state index is 12.4. The number of carbonyl (C=O) groups excluding carboxylic acids is 3. The van der Waals surface area contributed by atoms with E-state index in [9.17, 15) is 14.4 Å². The number of ketones is 1. The summed E-state index contributed by atoms with van der Waals surface area (Å²) in [5.74, 6) is -0.0766. The summed E-state index contributed by atoms with van der Waals surface area (Å²) in [5.41, 5.74) is 0.580. The third-order valence-corrected chi connectivity index (χ3v) is 6.04. The lowest BCUT2D eigenvalue weighted by atomic mass is 10.1. The number of amides is 2. The maximum absolute atomic E-state index is 12.4. The minimum absolute atomic E-state index is 0.0120. The molecule has 2 aromatic rings. The molecular weight excluding hydrogens is 410 g/mol. The molecule has 0 atom stereocenters. The number of nitrogens with zero attached hydrogens (tertiary/aromatic N) is 2. The lowest BCUT2D eigenvalue weighted by Crippen LogP contribution is -2.50. The van der Waals surface area contributed by atoms with Crippen LogP contribution in [0.4, 0.5) is 0 Å². The predicted octanol–water partition coefficient (Wildman–Crippen LogP) is 2.94. The van der Waals surface area contributed by atoms with Gasteiger partial charge in [-0.25, -0.2) is 0 Å². The molecule has 0 saturated carbocycles. The van der Waals surface area contributed by atoms with E-state index in [-0.39, 0.29) is 30.4 Å². The van der Waals surface area contributed by atoms with Crippen LogP contribution in [0.2, 0.25) is 5.02 Å². The second-order valence-electron chi connectivity index (χ2n) is 6.89. The first-order chi connectivity index (χ1) is 14.0. The molecule has 2 amide bonds. The molecule has 1 fully saturated rings. The van der Waals surface area contributed by atoms with Crippen LogP contribution in [0.1, 0.15) is 32.9 Å². The molecule has 0 unspecified atom stereocenters. The van der Waals surface area contributed by atoms with Gasteiger partial charge in [-0.05, 0) is 35.7 Å². The second kappa shape index (κ2) is 10.5. The first-order valence-corrected chi connectivity index (χ1v) is 10.9. The quantitative estimate of drug-likeness (QED) is 0.650. The highest BCUT2D eigenvalue weighted by atomic mass is 35.5. The van der Waals surface area contributed by atoms with Crippen LogP contribution in [0.3, 0.4) is 0 Å². The smallest absolute Gasteiger partial charge is 0.261 e. The van der Waals surface area contributed by atoms with Crippen LogP contribution in [-0.4, -0.2) is 66.7 Å². The Morgan fingerprint density at radius 1 is 1.00 bits per heavy atom. The number of hydrogen-bond acceptors (Lipinski definition) is 5. The molecule has 29 heavy (non-hydrogen) atoms. The van der Waals surface area contributed by atoms with Gasteiger partial charge in [-0.3, -0.25) is 19.3 Å². The van der Waals surface area contributed by atoms with Gasteiger partial charge in [-0.2, -0.15) is 0 Å². The molecule has 1 aliphatic rings. The average Bonchev–Trinajstić information content (AvgIpc) is 3.28. The van der Waals surface area contributed by atoms with Crippen molar-refractivity contribution in [3.8, 4) is 0 Å². The molecule has 1 saturated heterocycles. The first kappa shape index (κ1) is 21.5. The Hall–Kier alpha value is -2.22. The van der Waals surface area contributed by atoms with Crippen molar-refractivity contribution in [2.75, 3.05) is 39.3 Å². The van der Waals surface area contributed by atoms with E-state index < -0.39 is 0 Å². The largest absolute Gasteiger partial charge is 0.350 e. The van der Waals surface area contributed by atoms with Crippen LogP contribution in [-0.2, 0) is 4.79 Å². The summed E-state index contributed by atoms with van der Waals surface area (Å²) >= 11 is 7.26. The molecule has 3 rings (SSSR count). The molecule has 1 N–H and O–H groups in total. The SMILES string of the molecule is O=C(CCC(=O)N1CCN(CCNC(=O)c2cccs2)CC1)c1ccc(Cl)cc1. The van der Waals surface area contributed by atoms with Crippen LogP contribution in [0.15, 0.2) is 41.8 Å². The Labute approximate surface area is 179 Å². The topological polar surface area (TPSA) is 69.7 Å². The van der Waals surface area contributed by atoms with E-state index in [1.165, 1.54) is 11.3 Å². The van der Waals surface area contributed by atoms with Gasteiger partial charge in [-0.1, -0.05) is 17.7 Å². The fraction of sp³-hybridized carbons (Fsp3) is 0.381. The number of piperazine rings is 1. The Bertz CT molecular complexity index is 831. The van der Waals surface area contributed by atoms with Gasteiger partial charge in [0, 0.05) is 62.7 Å². The van der Waals surface area contributed by atoms with Crippen molar-refractivity contribution in [2.24, 2.45) is 0 Å². The molecule has 0 radical (unpaired) electrons. The van der Waals surface area contributed by atoms with Crippen molar-refractivity contribution in [3.63, 3.8) is 0 Å². The van der Waals surface area contributed by atoms with E-state index in [2.05, 4.69) is 10.2 Å². The Morgan fingerprint density at radius 2 is 1.72 bits per heavy atom. The van der Waals surface area contributed by atoms with Gasteiger partial charge >= 0.3 is 0 Å². The normalized spacial score (nSPS) is 14.6. The summed E-state index contributed by atoms with van der Waals surface area (Å²) in [6.07, 6.45) is 0.424. The van der Waals surface area contributed by atoms with Crippen LogP contribution in [0.5, 0.6) is 0 Å². The maximum Gasteiger partial charge on any atom is 0.261 e. The molecule has 2 heterocycles.